The van der Waals surface area contributed by atoms with E-state index in [1.807, 2.05) is 37.3 Å². The van der Waals surface area contributed by atoms with Gasteiger partial charge in [-0.25, -0.2) is 0 Å². The molecule has 0 bridgehead atoms. The fraction of sp³-hybridized carbons (Fsp3) is 0.429. The number of guanidine groups is 1. The van der Waals surface area contributed by atoms with Crippen molar-refractivity contribution in [1.82, 2.24) is 15.1 Å². The van der Waals surface area contributed by atoms with Gasteiger partial charge in [-0.05, 0) is 24.6 Å². The standard InChI is InChI=1S/C21H28N4O3S.HI/c1-2-22-21(23-10-16-29(27)17-18-7-4-3-5-8-18)25-13-11-24(12-14-25)20(26)19-9-6-15-28-19;/h3-9,15H,2,10-14,16-17H2,1H3,(H,22,23);1H. The normalized spacial score (nSPS) is 15.4. The predicted molar refractivity (Wildman–Crippen MR) is 131 cm³/mol. The van der Waals surface area contributed by atoms with Crippen LogP contribution in [0.2, 0.25) is 0 Å². The Balaban J connectivity index is 0.00000320. The van der Waals surface area contributed by atoms with Crippen LogP contribution >= 0.6 is 24.0 Å². The minimum Gasteiger partial charge on any atom is -0.459 e. The summed E-state index contributed by atoms with van der Waals surface area (Å²) < 4.78 is 17.5. The summed E-state index contributed by atoms with van der Waals surface area (Å²) in [6, 6.07) is 13.3. The van der Waals surface area contributed by atoms with E-state index < -0.39 is 10.8 Å². The highest BCUT2D eigenvalue weighted by Gasteiger charge is 2.25. The van der Waals surface area contributed by atoms with Gasteiger partial charge in [-0.15, -0.1) is 24.0 Å². The molecule has 1 aromatic carbocycles. The second-order valence-corrected chi connectivity index (χ2v) is 8.34. The van der Waals surface area contributed by atoms with E-state index in [9.17, 15) is 9.00 Å². The maximum Gasteiger partial charge on any atom is 0.289 e. The number of amides is 1. The summed E-state index contributed by atoms with van der Waals surface area (Å²) in [6.45, 7) is 5.93. The number of carbonyl (C=O) groups excluding carboxylic acids is 1. The van der Waals surface area contributed by atoms with Crippen molar-refractivity contribution in [3.8, 4) is 0 Å². The molecule has 1 atom stereocenters. The van der Waals surface area contributed by atoms with E-state index >= 15 is 0 Å². The molecule has 1 amide bonds. The molecular weight excluding hydrogens is 515 g/mol. The molecule has 1 aromatic heterocycles. The molecule has 1 aliphatic heterocycles. The topological polar surface area (TPSA) is 78.2 Å². The van der Waals surface area contributed by atoms with Gasteiger partial charge in [0.05, 0.1) is 12.8 Å². The average molecular weight is 544 g/mol. The van der Waals surface area contributed by atoms with Crippen LogP contribution in [0, 0.1) is 0 Å². The molecule has 7 nitrogen and oxygen atoms in total. The Hall–Kier alpha value is -1.88. The van der Waals surface area contributed by atoms with Crippen LogP contribution in [-0.2, 0) is 16.6 Å². The first-order chi connectivity index (χ1) is 14.2. The summed E-state index contributed by atoms with van der Waals surface area (Å²) in [5.74, 6) is 2.20. The van der Waals surface area contributed by atoms with Crippen molar-refractivity contribution in [2.24, 2.45) is 4.99 Å². The summed E-state index contributed by atoms with van der Waals surface area (Å²) in [5, 5.41) is 3.30. The van der Waals surface area contributed by atoms with E-state index in [-0.39, 0.29) is 29.9 Å². The lowest BCUT2D eigenvalue weighted by molar-refractivity contribution is 0.0657. The zero-order chi connectivity index (χ0) is 20.5. The zero-order valence-corrected chi connectivity index (χ0v) is 20.3. The van der Waals surface area contributed by atoms with Crippen LogP contribution in [-0.4, -0.2) is 70.9 Å². The van der Waals surface area contributed by atoms with Gasteiger partial charge in [0.2, 0.25) is 0 Å². The third kappa shape index (κ3) is 7.12. The molecule has 1 N–H and O–H groups in total. The van der Waals surface area contributed by atoms with Crippen LogP contribution in [0.1, 0.15) is 23.0 Å². The molecule has 1 fully saturated rings. The number of hydrogen-bond acceptors (Lipinski definition) is 4. The minimum atomic E-state index is -0.942. The van der Waals surface area contributed by atoms with E-state index in [1.165, 1.54) is 6.26 Å². The Morgan fingerprint density at radius 3 is 2.43 bits per heavy atom. The molecule has 0 spiro atoms. The first kappa shape index (κ1) is 24.4. The second-order valence-electron chi connectivity index (χ2n) is 6.77. The van der Waals surface area contributed by atoms with Crippen molar-refractivity contribution in [3.05, 3.63) is 60.1 Å². The third-order valence-electron chi connectivity index (χ3n) is 4.68. The fourth-order valence-corrected chi connectivity index (χ4v) is 4.19. The first-order valence-electron chi connectivity index (χ1n) is 9.92. The predicted octanol–water partition coefficient (Wildman–Crippen LogP) is 2.57. The molecule has 164 valence electrons. The lowest BCUT2D eigenvalue weighted by Gasteiger charge is -2.36. The number of benzene rings is 1. The maximum atomic E-state index is 12.4. The van der Waals surface area contributed by atoms with E-state index in [1.54, 1.807) is 17.0 Å². The summed E-state index contributed by atoms with van der Waals surface area (Å²) in [7, 11) is -0.942. The highest BCUT2D eigenvalue weighted by molar-refractivity contribution is 14.0. The SMILES string of the molecule is CCNC(=NCCS(=O)Cc1ccccc1)N1CCN(C(=O)c2ccco2)CC1.I. The van der Waals surface area contributed by atoms with Crippen LogP contribution in [0.4, 0.5) is 0 Å². The molecule has 2 aromatic rings. The molecular formula is C21H29IN4O3S. The number of halogens is 1. The zero-order valence-electron chi connectivity index (χ0n) is 17.2. The maximum absolute atomic E-state index is 12.4. The van der Waals surface area contributed by atoms with E-state index in [4.69, 9.17) is 4.42 Å². The van der Waals surface area contributed by atoms with Crippen LogP contribution < -0.4 is 5.32 Å². The van der Waals surface area contributed by atoms with Gasteiger partial charge >= 0.3 is 0 Å². The van der Waals surface area contributed by atoms with Gasteiger partial charge in [-0.3, -0.25) is 14.0 Å². The number of aliphatic imine (C=N–C) groups is 1. The lowest BCUT2D eigenvalue weighted by Crippen LogP contribution is -2.53. The summed E-state index contributed by atoms with van der Waals surface area (Å²) in [5.41, 5.74) is 1.08. The number of rotatable bonds is 7. The van der Waals surface area contributed by atoms with E-state index in [0.717, 1.165) is 18.1 Å². The largest absolute Gasteiger partial charge is 0.459 e. The monoisotopic (exact) mass is 544 g/mol. The highest BCUT2D eigenvalue weighted by atomic mass is 127. The molecule has 1 unspecified atom stereocenters. The van der Waals surface area contributed by atoms with Crippen molar-refractivity contribution in [1.29, 1.82) is 0 Å². The Morgan fingerprint density at radius 1 is 1.10 bits per heavy atom. The molecule has 0 aliphatic carbocycles. The summed E-state index contributed by atoms with van der Waals surface area (Å²) in [6.07, 6.45) is 1.52. The number of nitrogens with one attached hydrogen (secondary N) is 1. The molecule has 0 saturated carbocycles. The van der Waals surface area contributed by atoms with Crippen LogP contribution in [0.15, 0.2) is 58.1 Å². The number of piperazine rings is 1. The highest BCUT2D eigenvalue weighted by Crippen LogP contribution is 2.10. The van der Waals surface area contributed by atoms with Crippen molar-refractivity contribution in [3.63, 3.8) is 0 Å². The smallest absolute Gasteiger partial charge is 0.289 e. The number of furan rings is 1. The van der Waals surface area contributed by atoms with Crippen molar-refractivity contribution in [2.75, 3.05) is 45.0 Å². The van der Waals surface area contributed by atoms with Crippen molar-refractivity contribution >= 4 is 46.6 Å². The Kier molecular flexibility index (Phi) is 10.4. The Labute approximate surface area is 197 Å². The van der Waals surface area contributed by atoms with Gasteiger partial charge in [-0.2, -0.15) is 0 Å². The van der Waals surface area contributed by atoms with E-state index in [0.29, 0.717) is 50.0 Å². The summed E-state index contributed by atoms with van der Waals surface area (Å²) in [4.78, 5) is 21.0. The molecule has 30 heavy (non-hydrogen) atoms. The van der Waals surface area contributed by atoms with Gasteiger partial charge in [0.1, 0.15) is 0 Å². The fourth-order valence-electron chi connectivity index (χ4n) is 3.19. The number of nitrogens with zero attached hydrogens (tertiary/aromatic N) is 3. The number of carbonyl (C=O) groups is 1. The second kappa shape index (κ2) is 12.7. The summed E-state index contributed by atoms with van der Waals surface area (Å²) >= 11 is 0. The number of hydrogen-bond donors (Lipinski definition) is 1. The molecule has 9 heteroatoms. The van der Waals surface area contributed by atoms with Gasteiger partial charge in [0.15, 0.2) is 11.7 Å². The molecule has 1 saturated heterocycles. The van der Waals surface area contributed by atoms with Crippen molar-refractivity contribution < 1.29 is 13.4 Å². The molecule has 1 aliphatic rings. The minimum absolute atomic E-state index is 0. The van der Waals surface area contributed by atoms with Gasteiger partial charge in [0.25, 0.3) is 5.91 Å². The Bertz CT molecular complexity index is 822. The van der Waals surface area contributed by atoms with Crippen LogP contribution in [0.5, 0.6) is 0 Å². The van der Waals surface area contributed by atoms with Gasteiger partial charge in [0, 0.05) is 55.0 Å². The lowest BCUT2D eigenvalue weighted by atomic mass is 10.2. The van der Waals surface area contributed by atoms with E-state index in [2.05, 4.69) is 15.2 Å². The van der Waals surface area contributed by atoms with Crippen LogP contribution in [0.25, 0.3) is 0 Å². The van der Waals surface area contributed by atoms with Gasteiger partial charge < -0.3 is 19.5 Å². The Morgan fingerprint density at radius 2 is 1.80 bits per heavy atom. The van der Waals surface area contributed by atoms with Crippen LogP contribution in [0.3, 0.4) is 0 Å². The quantitative estimate of drug-likeness (QED) is 0.330. The molecule has 2 heterocycles. The third-order valence-corrected chi connectivity index (χ3v) is 5.98. The van der Waals surface area contributed by atoms with Gasteiger partial charge in [-0.1, -0.05) is 30.3 Å². The molecule has 3 rings (SSSR count). The first-order valence-corrected chi connectivity index (χ1v) is 11.4. The van der Waals surface area contributed by atoms with Crippen molar-refractivity contribution in [2.45, 2.75) is 12.7 Å². The average Bonchev–Trinajstić information content (AvgIpc) is 3.28. The molecule has 0 radical (unpaired) electrons.